The molecule has 0 aliphatic heterocycles. The molecule has 29 heavy (non-hydrogen) atoms. The maximum atomic E-state index is 12.2. The van der Waals surface area contributed by atoms with Crippen LogP contribution in [-0.2, 0) is 4.79 Å². The number of ether oxygens (including phenoxy) is 2. The van der Waals surface area contributed by atoms with Crippen LogP contribution in [0.4, 0.5) is 11.4 Å². The van der Waals surface area contributed by atoms with Crippen LogP contribution in [-0.4, -0.2) is 25.7 Å². The Labute approximate surface area is 174 Å². The number of benzene rings is 2. The zero-order chi connectivity index (χ0) is 20.7. The van der Waals surface area contributed by atoms with Crippen LogP contribution in [0.25, 0.3) is 0 Å². The number of rotatable bonds is 14. The Morgan fingerprint density at radius 2 is 1.52 bits per heavy atom. The van der Waals surface area contributed by atoms with Crippen LogP contribution in [0.2, 0.25) is 0 Å². The Balaban J connectivity index is 1.71. The highest BCUT2D eigenvalue weighted by Crippen LogP contribution is 2.18. The van der Waals surface area contributed by atoms with Gasteiger partial charge in [0.05, 0.1) is 19.8 Å². The fraction of sp³-hybridized carbons (Fsp3) is 0.458. The molecule has 2 rings (SSSR count). The lowest BCUT2D eigenvalue weighted by Gasteiger charge is -2.11. The lowest BCUT2D eigenvalue weighted by atomic mass is 10.2. The van der Waals surface area contributed by atoms with Crippen molar-refractivity contribution in [2.75, 3.05) is 30.4 Å². The monoisotopic (exact) mass is 398 g/mol. The number of carbonyl (C=O) groups excluding carboxylic acids is 1. The normalized spacial score (nSPS) is 10.4. The number of amides is 1. The van der Waals surface area contributed by atoms with Crippen molar-refractivity contribution in [2.24, 2.45) is 0 Å². The van der Waals surface area contributed by atoms with Gasteiger partial charge in [-0.15, -0.1) is 0 Å². The second kappa shape index (κ2) is 13.5. The van der Waals surface area contributed by atoms with E-state index in [4.69, 9.17) is 9.47 Å². The number of carbonyl (C=O) groups is 1. The third-order valence-corrected chi connectivity index (χ3v) is 4.46. The van der Waals surface area contributed by atoms with Gasteiger partial charge in [-0.05, 0) is 49.2 Å². The molecule has 0 radical (unpaired) electrons. The molecule has 0 aliphatic rings. The van der Waals surface area contributed by atoms with E-state index in [1.54, 1.807) is 0 Å². The Kier molecular flexibility index (Phi) is 10.5. The molecule has 5 heteroatoms. The van der Waals surface area contributed by atoms with Crippen molar-refractivity contribution in [1.82, 2.24) is 0 Å². The summed E-state index contributed by atoms with van der Waals surface area (Å²) in [6, 6.07) is 15.2. The first-order chi connectivity index (χ1) is 14.2. The minimum absolute atomic E-state index is 0.105. The lowest BCUT2D eigenvalue weighted by Crippen LogP contribution is -2.21. The molecule has 5 nitrogen and oxygen atoms in total. The van der Waals surface area contributed by atoms with Gasteiger partial charge in [-0.1, -0.05) is 45.6 Å². The summed E-state index contributed by atoms with van der Waals surface area (Å²) in [5.41, 5.74) is 1.62. The van der Waals surface area contributed by atoms with Gasteiger partial charge in [-0.3, -0.25) is 4.79 Å². The molecule has 0 unspecified atom stereocenters. The van der Waals surface area contributed by atoms with Gasteiger partial charge in [0.15, 0.2) is 0 Å². The Bertz CT molecular complexity index is 716. The predicted octanol–water partition coefficient (Wildman–Crippen LogP) is 5.88. The van der Waals surface area contributed by atoms with E-state index in [2.05, 4.69) is 24.5 Å². The average molecular weight is 399 g/mol. The number of nitrogens with one attached hydrogen (secondary N) is 2. The van der Waals surface area contributed by atoms with Crippen molar-refractivity contribution in [1.29, 1.82) is 0 Å². The molecule has 0 heterocycles. The highest BCUT2D eigenvalue weighted by Gasteiger charge is 2.04. The fourth-order valence-corrected chi connectivity index (χ4v) is 2.77. The Morgan fingerprint density at radius 1 is 0.793 bits per heavy atom. The summed E-state index contributed by atoms with van der Waals surface area (Å²) in [7, 11) is 0. The molecule has 2 N–H and O–H groups in total. The number of hydrogen-bond donors (Lipinski definition) is 2. The molecule has 158 valence electrons. The van der Waals surface area contributed by atoms with Crippen molar-refractivity contribution in [3.8, 4) is 11.5 Å². The SMILES string of the molecule is CCCCCCOc1ccc(NCC(=O)Nc2cccc(OCCCC)c2)cc1. The van der Waals surface area contributed by atoms with E-state index in [0.29, 0.717) is 6.61 Å². The molecule has 2 aromatic carbocycles. The van der Waals surface area contributed by atoms with Gasteiger partial charge in [0.25, 0.3) is 0 Å². The second-order valence-electron chi connectivity index (χ2n) is 7.07. The first-order valence-electron chi connectivity index (χ1n) is 10.7. The quantitative estimate of drug-likeness (QED) is 0.390. The van der Waals surface area contributed by atoms with Gasteiger partial charge in [0.1, 0.15) is 11.5 Å². The van der Waals surface area contributed by atoms with E-state index in [0.717, 1.165) is 48.7 Å². The van der Waals surface area contributed by atoms with Gasteiger partial charge >= 0.3 is 0 Å². The molecule has 0 saturated carbocycles. The minimum Gasteiger partial charge on any atom is -0.494 e. The molecule has 0 aromatic heterocycles. The van der Waals surface area contributed by atoms with Gasteiger partial charge in [0.2, 0.25) is 5.91 Å². The summed E-state index contributed by atoms with van der Waals surface area (Å²) in [6.45, 7) is 5.96. The second-order valence-corrected chi connectivity index (χ2v) is 7.07. The lowest BCUT2D eigenvalue weighted by molar-refractivity contribution is -0.114. The molecule has 0 fully saturated rings. The van der Waals surface area contributed by atoms with E-state index in [9.17, 15) is 4.79 Å². The number of unbranched alkanes of at least 4 members (excludes halogenated alkanes) is 4. The largest absolute Gasteiger partial charge is 0.494 e. The standard InChI is InChI=1S/C24H34N2O3/c1-3-5-7-8-17-28-22-14-12-20(13-15-22)25-19-24(27)26-21-10-9-11-23(18-21)29-16-6-4-2/h9-15,18,25H,3-8,16-17,19H2,1-2H3,(H,26,27). The Hall–Kier alpha value is -2.69. The molecule has 2 aromatic rings. The summed E-state index contributed by atoms with van der Waals surface area (Å²) >= 11 is 0. The van der Waals surface area contributed by atoms with Gasteiger partial charge in [0, 0.05) is 17.4 Å². The van der Waals surface area contributed by atoms with E-state index < -0.39 is 0 Å². The van der Waals surface area contributed by atoms with Gasteiger partial charge in [-0.2, -0.15) is 0 Å². The van der Waals surface area contributed by atoms with Gasteiger partial charge < -0.3 is 20.1 Å². The summed E-state index contributed by atoms with van der Waals surface area (Å²) in [5, 5.41) is 6.03. The zero-order valence-electron chi connectivity index (χ0n) is 17.7. The fourth-order valence-electron chi connectivity index (χ4n) is 2.77. The van der Waals surface area contributed by atoms with E-state index >= 15 is 0 Å². The minimum atomic E-state index is -0.105. The van der Waals surface area contributed by atoms with Crippen LogP contribution in [0.5, 0.6) is 11.5 Å². The van der Waals surface area contributed by atoms with E-state index in [1.165, 1.54) is 19.3 Å². The van der Waals surface area contributed by atoms with Gasteiger partial charge in [-0.25, -0.2) is 0 Å². The van der Waals surface area contributed by atoms with Crippen molar-refractivity contribution in [3.63, 3.8) is 0 Å². The van der Waals surface area contributed by atoms with Crippen LogP contribution < -0.4 is 20.1 Å². The third-order valence-electron chi connectivity index (χ3n) is 4.46. The van der Waals surface area contributed by atoms with Crippen LogP contribution in [0.1, 0.15) is 52.4 Å². The smallest absolute Gasteiger partial charge is 0.243 e. The summed E-state index contributed by atoms with van der Waals surface area (Å²) in [6.07, 6.45) is 6.88. The van der Waals surface area contributed by atoms with Crippen molar-refractivity contribution in [3.05, 3.63) is 48.5 Å². The van der Waals surface area contributed by atoms with Crippen LogP contribution in [0, 0.1) is 0 Å². The highest BCUT2D eigenvalue weighted by molar-refractivity contribution is 5.93. The number of anilines is 2. The summed E-state index contributed by atoms with van der Waals surface area (Å²) < 4.78 is 11.4. The maximum absolute atomic E-state index is 12.2. The molecule has 0 spiro atoms. The highest BCUT2D eigenvalue weighted by atomic mass is 16.5. The first-order valence-corrected chi connectivity index (χ1v) is 10.7. The molecule has 0 atom stereocenters. The van der Waals surface area contributed by atoms with Crippen molar-refractivity contribution in [2.45, 2.75) is 52.4 Å². The average Bonchev–Trinajstić information content (AvgIpc) is 2.73. The molecule has 1 amide bonds. The van der Waals surface area contributed by atoms with Crippen LogP contribution >= 0.6 is 0 Å². The third kappa shape index (κ3) is 9.37. The van der Waals surface area contributed by atoms with Crippen LogP contribution in [0.3, 0.4) is 0 Å². The van der Waals surface area contributed by atoms with Crippen molar-refractivity contribution >= 4 is 17.3 Å². The topological polar surface area (TPSA) is 59.6 Å². The molecular formula is C24H34N2O3. The summed E-state index contributed by atoms with van der Waals surface area (Å²) in [4.78, 5) is 12.2. The van der Waals surface area contributed by atoms with Crippen LogP contribution in [0.15, 0.2) is 48.5 Å². The predicted molar refractivity (Wildman–Crippen MR) is 120 cm³/mol. The first kappa shape index (κ1) is 22.6. The Morgan fingerprint density at radius 3 is 2.28 bits per heavy atom. The molecule has 0 bridgehead atoms. The molecule has 0 aliphatic carbocycles. The zero-order valence-corrected chi connectivity index (χ0v) is 17.7. The maximum Gasteiger partial charge on any atom is 0.243 e. The molecule has 0 saturated heterocycles. The molecular weight excluding hydrogens is 364 g/mol. The summed E-state index contributed by atoms with van der Waals surface area (Å²) in [5.74, 6) is 1.53. The van der Waals surface area contributed by atoms with E-state index in [1.807, 2.05) is 48.5 Å². The van der Waals surface area contributed by atoms with E-state index in [-0.39, 0.29) is 12.5 Å². The number of hydrogen-bond acceptors (Lipinski definition) is 4. The van der Waals surface area contributed by atoms with Crippen molar-refractivity contribution < 1.29 is 14.3 Å².